The van der Waals surface area contributed by atoms with Crippen molar-refractivity contribution in [2.24, 2.45) is 0 Å². The number of amides is 2. The molecule has 1 unspecified atom stereocenters. The van der Waals surface area contributed by atoms with Crippen molar-refractivity contribution in [2.75, 3.05) is 13.2 Å². The standard InChI is InChI=1S/C16H20N2O6/c1-3-23-15(21)14(18-11(2)19)13(20)9-17-16(22)24-10-12-7-5-4-6-8-12/h4-8,14H,3,9-10H2,1-2H3,(H,17,22)(H,18,19). The van der Waals surface area contributed by atoms with Crippen LogP contribution in [0.2, 0.25) is 0 Å². The van der Waals surface area contributed by atoms with Gasteiger partial charge in [0.2, 0.25) is 5.91 Å². The fourth-order valence-corrected chi connectivity index (χ4v) is 1.74. The molecule has 8 heteroatoms. The molecule has 2 amide bonds. The van der Waals surface area contributed by atoms with Gasteiger partial charge in [0.05, 0.1) is 13.2 Å². The quantitative estimate of drug-likeness (QED) is 0.530. The van der Waals surface area contributed by atoms with Crippen molar-refractivity contribution in [1.82, 2.24) is 10.6 Å². The number of nitrogens with one attached hydrogen (secondary N) is 2. The number of carbonyl (C=O) groups is 4. The first-order valence-electron chi connectivity index (χ1n) is 7.35. The topological polar surface area (TPSA) is 111 Å². The van der Waals surface area contributed by atoms with E-state index in [2.05, 4.69) is 10.6 Å². The molecular formula is C16H20N2O6. The van der Waals surface area contributed by atoms with Gasteiger partial charge in [-0.05, 0) is 12.5 Å². The Balaban J connectivity index is 2.47. The molecule has 130 valence electrons. The molecule has 0 fully saturated rings. The summed E-state index contributed by atoms with van der Waals surface area (Å²) in [5.74, 6) is -2.15. The highest BCUT2D eigenvalue weighted by molar-refractivity contribution is 6.07. The Morgan fingerprint density at radius 2 is 1.75 bits per heavy atom. The number of ether oxygens (including phenoxy) is 2. The Morgan fingerprint density at radius 1 is 1.08 bits per heavy atom. The van der Waals surface area contributed by atoms with E-state index >= 15 is 0 Å². The SMILES string of the molecule is CCOC(=O)C(NC(C)=O)C(=O)CNC(=O)OCc1ccccc1. The van der Waals surface area contributed by atoms with Crippen LogP contribution in [0.5, 0.6) is 0 Å². The van der Waals surface area contributed by atoms with Crippen LogP contribution in [0.3, 0.4) is 0 Å². The van der Waals surface area contributed by atoms with Gasteiger partial charge in [-0.15, -0.1) is 0 Å². The summed E-state index contributed by atoms with van der Waals surface area (Å²) in [5.41, 5.74) is 0.793. The van der Waals surface area contributed by atoms with Crippen molar-refractivity contribution < 1.29 is 28.7 Å². The lowest BCUT2D eigenvalue weighted by Gasteiger charge is -2.15. The molecule has 1 rings (SSSR count). The predicted molar refractivity (Wildman–Crippen MR) is 83.9 cm³/mol. The normalized spacial score (nSPS) is 11.1. The Morgan fingerprint density at radius 3 is 2.33 bits per heavy atom. The van der Waals surface area contributed by atoms with Crippen LogP contribution >= 0.6 is 0 Å². The number of benzene rings is 1. The maximum absolute atomic E-state index is 12.0. The van der Waals surface area contributed by atoms with E-state index in [0.29, 0.717) is 0 Å². The molecule has 0 aliphatic heterocycles. The van der Waals surface area contributed by atoms with E-state index in [1.807, 2.05) is 6.07 Å². The molecule has 0 saturated carbocycles. The average molecular weight is 336 g/mol. The van der Waals surface area contributed by atoms with E-state index < -0.39 is 36.3 Å². The zero-order valence-electron chi connectivity index (χ0n) is 13.5. The van der Waals surface area contributed by atoms with E-state index in [1.165, 1.54) is 6.92 Å². The second kappa shape index (κ2) is 9.98. The number of esters is 1. The summed E-state index contributed by atoms with van der Waals surface area (Å²) in [5, 5.41) is 4.42. The van der Waals surface area contributed by atoms with Gasteiger partial charge in [0.1, 0.15) is 6.61 Å². The molecule has 0 spiro atoms. The van der Waals surface area contributed by atoms with Crippen LogP contribution in [-0.2, 0) is 30.5 Å². The molecule has 0 saturated heterocycles. The van der Waals surface area contributed by atoms with Crippen LogP contribution in [0, 0.1) is 0 Å². The van der Waals surface area contributed by atoms with Crippen LogP contribution in [0.25, 0.3) is 0 Å². The summed E-state index contributed by atoms with van der Waals surface area (Å²) in [6.07, 6.45) is -0.808. The summed E-state index contributed by atoms with van der Waals surface area (Å²) >= 11 is 0. The number of carbonyl (C=O) groups excluding carboxylic acids is 4. The van der Waals surface area contributed by atoms with E-state index in [9.17, 15) is 19.2 Å². The molecule has 24 heavy (non-hydrogen) atoms. The van der Waals surface area contributed by atoms with E-state index in [-0.39, 0.29) is 13.2 Å². The molecule has 1 atom stereocenters. The maximum Gasteiger partial charge on any atom is 0.407 e. The summed E-state index contributed by atoms with van der Waals surface area (Å²) in [6, 6.07) is 7.55. The molecule has 0 radical (unpaired) electrons. The minimum Gasteiger partial charge on any atom is -0.464 e. The van der Waals surface area contributed by atoms with Crippen molar-refractivity contribution in [2.45, 2.75) is 26.5 Å². The first kappa shape index (κ1) is 19.1. The van der Waals surface area contributed by atoms with Gasteiger partial charge in [0.15, 0.2) is 11.8 Å². The van der Waals surface area contributed by atoms with Crippen LogP contribution in [0.4, 0.5) is 4.79 Å². The van der Waals surface area contributed by atoms with Crippen molar-refractivity contribution in [1.29, 1.82) is 0 Å². The van der Waals surface area contributed by atoms with Gasteiger partial charge in [-0.2, -0.15) is 0 Å². The van der Waals surface area contributed by atoms with E-state index in [1.54, 1.807) is 31.2 Å². The first-order chi connectivity index (χ1) is 11.4. The Bertz CT molecular complexity index is 587. The lowest BCUT2D eigenvalue weighted by molar-refractivity contribution is -0.150. The van der Waals surface area contributed by atoms with Gasteiger partial charge in [0.25, 0.3) is 0 Å². The van der Waals surface area contributed by atoms with Crippen molar-refractivity contribution in [3.8, 4) is 0 Å². The number of hydrogen-bond acceptors (Lipinski definition) is 6. The fraction of sp³-hybridized carbons (Fsp3) is 0.375. The van der Waals surface area contributed by atoms with Crippen LogP contribution in [-0.4, -0.2) is 42.9 Å². The fourth-order valence-electron chi connectivity index (χ4n) is 1.74. The highest BCUT2D eigenvalue weighted by Crippen LogP contribution is 2.00. The number of rotatable bonds is 8. The molecular weight excluding hydrogens is 316 g/mol. The largest absolute Gasteiger partial charge is 0.464 e. The number of alkyl carbamates (subject to hydrolysis) is 1. The Kier molecular flexibility index (Phi) is 7.97. The lowest BCUT2D eigenvalue weighted by Crippen LogP contribution is -2.50. The van der Waals surface area contributed by atoms with Gasteiger partial charge >= 0.3 is 12.1 Å². The molecule has 0 heterocycles. The van der Waals surface area contributed by atoms with Crippen LogP contribution < -0.4 is 10.6 Å². The highest BCUT2D eigenvalue weighted by Gasteiger charge is 2.28. The van der Waals surface area contributed by atoms with Crippen LogP contribution in [0.15, 0.2) is 30.3 Å². The summed E-state index contributed by atoms with van der Waals surface area (Å²) < 4.78 is 9.66. The van der Waals surface area contributed by atoms with Gasteiger partial charge in [-0.25, -0.2) is 9.59 Å². The highest BCUT2D eigenvalue weighted by atomic mass is 16.5. The molecule has 1 aromatic rings. The zero-order chi connectivity index (χ0) is 17.9. The Labute approximate surface area is 139 Å². The zero-order valence-corrected chi connectivity index (χ0v) is 13.5. The third-order valence-electron chi connectivity index (χ3n) is 2.81. The van der Waals surface area contributed by atoms with Gasteiger partial charge in [0, 0.05) is 6.92 Å². The molecule has 0 bridgehead atoms. The molecule has 8 nitrogen and oxygen atoms in total. The summed E-state index contributed by atoms with van der Waals surface area (Å²) in [4.78, 5) is 46.3. The lowest BCUT2D eigenvalue weighted by atomic mass is 10.2. The number of Topliss-reactive ketones (excluding diaryl/α,β-unsaturated/α-hetero) is 1. The molecule has 0 aliphatic rings. The van der Waals surface area contributed by atoms with E-state index in [0.717, 1.165) is 5.56 Å². The van der Waals surface area contributed by atoms with Crippen molar-refractivity contribution in [3.63, 3.8) is 0 Å². The third kappa shape index (κ3) is 6.91. The van der Waals surface area contributed by atoms with Crippen LogP contribution in [0.1, 0.15) is 19.4 Å². The molecule has 0 aliphatic carbocycles. The third-order valence-corrected chi connectivity index (χ3v) is 2.81. The molecule has 1 aromatic carbocycles. The van der Waals surface area contributed by atoms with Gasteiger partial charge in [-0.1, -0.05) is 30.3 Å². The average Bonchev–Trinajstić information content (AvgIpc) is 2.56. The Hall–Kier alpha value is -2.90. The van der Waals surface area contributed by atoms with Gasteiger partial charge in [-0.3, -0.25) is 9.59 Å². The second-order valence-electron chi connectivity index (χ2n) is 4.77. The summed E-state index contributed by atoms with van der Waals surface area (Å²) in [7, 11) is 0. The first-order valence-corrected chi connectivity index (χ1v) is 7.35. The maximum atomic E-state index is 12.0. The molecule has 2 N–H and O–H groups in total. The predicted octanol–water partition coefficient (Wildman–Crippen LogP) is 0.550. The van der Waals surface area contributed by atoms with Crippen molar-refractivity contribution >= 4 is 23.8 Å². The van der Waals surface area contributed by atoms with E-state index in [4.69, 9.17) is 9.47 Å². The second-order valence-corrected chi connectivity index (χ2v) is 4.77. The number of ketones is 1. The minimum absolute atomic E-state index is 0.0495. The minimum atomic E-state index is -1.46. The number of hydrogen-bond donors (Lipinski definition) is 2. The summed E-state index contributed by atoms with van der Waals surface area (Å²) in [6.45, 7) is 2.38. The van der Waals surface area contributed by atoms with Gasteiger partial charge < -0.3 is 20.1 Å². The monoisotopic (exact) mass is 336 g/mol. The van der Waals surface area contributed by atoms with Crippen molar-refractivity contribution in [3.05, 3.63) is 35.9 Å². The molecule has 0 aromatic heterocycles. The smallest absolute Gasteiger partial charge is 0.407 e.